The number of amides is 4. The van der Waals surface area contributed by atoms with Crippen molar-refractivity contribution in [2.75, 3.05) is 26.2 Å². The van der Waals surface area contributed by atoms with Gasteiger partial charge in [-0.1, -0.05) is 38.8 Å². The maximum Gasteiger partial charge on any atom is 0.249 e. The Bertz CT molecular complexity index is 879. The van der Waals surface area contributed by atoms with Crippen LogP contribution in [-0.4, -0.2) is 72.0 Å². The highest BCUT2D eigenvalue weighted by atomic mass is 16.2. The number of rotatable bonds is 18. The number of hydrogen-bond donors (Lipinski definition) is 4. The van der Waals surface area contributed by atoms with Gasteiger partial charge in [0.1, 0.15) is 0 Å². The Hall–Kier alpha value is -3.44. The summed E-state index contributed by atoms with van der Waals surface area (Å²) < 4.78 is 0. The van der Waals surface area contributed by atoms with Gasteiger partial charge in [-0.15, -0.1) is 13.2 Å². The van der Waals surface area contributed by atoms with Gasteiger partial charge in [0.15, 0.2) is 22.2 Å². The minimum absolute atomic E-state index is 0.174. The van der Waals surface area contributed by atoms with Crippen LogP contribution < -0.4 is 21.3 Å². The fourth-order valence-corrected chi connectivity index (χ4v) is 2.63. The molecule has 12 heteroatoms. The molecule has 0 aliphatic heterocycles. The van der Waals surface area contributed by atoms with Gasteiger partial charge in [0.2, 0.25) is 23.6 Å². The van der Waals surface area contributed by atoms with E-state index in [-0.39, 0.29) is 23.6 Å². The van der Waals surface area contributed by atoms with Crippen molar-refractivity contribution in [3.63, 3.8) is 0 Å². The molecule has 0 rings (SSSR count). The number of unbranched alkanes of at least 4 members (excludes halogenated alkanes) is 2. The predicted molar refractivity (Wildman–Crippen MR) is 168 cm³/mol. The second-order valence-electron chi connectivity index (χ2n) is 11.9. The van der Waals surface area contributed by atoms with E-state index in [9.17, 15) is 19.2 Å². The molecule has 0 fully saturated rings. The molecule has 0 aromatic carbocycles. The average molecular weight is 593 g/mol. The van der Waals surface area contributed by atoms with E-state index in [1.165, 1.54) is 0 Å². The second kappa shape index (κ2) is 19.6. The third kappa shape index (κ3) is 16.7. The Balaban J connectivity index is 0. The molecule has 0 atom stereocenters. The smallest absolute Gasteiger partial charge is 0.249 e. The van der Waals surface area contributed by atoms with Gasteiger partial charge in [0.25, 0.3) is 0 Å². The Morgan fingerprint density at radius 2 is 0.762 bits per heavy atom. The molecule has 0 aliphatic carbocycles. The van der Waals surface area contributed by atoms with Crippen molar-refractivity contribution in [3.05, 3.63) is 25.3 Å². The lowest BCUT2D eigenvalue weighted by molar-refractivity contribution is -0.127. The molecular weight excluding hydrogens is 536 g/mol. The molecule has 4 N–H and O–H groups in total. The van der Waals surface area contributed by atoms with Gasteiger partial charge in [-0.2, -0.15) is 20.5 Å². The zero-order valence-electron chi connectivity index (χ0n) is 27.6. The summed E-state index contributed by atoms with van der Waals surface area (Å²) >= 11 is 0. The first-order valence-corrected chi connectivity index (χ1v) is 14.6. The van der Waals surface area contributed by atoms with Crippen molar-refractivity contribution in [1.29, 1.82) is 0 Å². The number of azo groups is 2. The normalized spacial score (nSPS) is 12.2. The molecule has 0 saturated carbocycles. The molecular formula is C30H56N8O4. The minimum Gasteiger partial charge on any atom is -0.354 e. The van der Waals surface area contributed by atoms with Gasteiger partial charge in [-0.05, 0) is 68.2 Å². The molecule has 0 saturated heterocycles. The number of carbonyl (C=O) groups is 4. The number of carbonyl (C=O) groups excluding carboxylic acids is 4. The van der Waals surface area contributed by atoms with Crippen LogP contribution in [0.1, 0.15) is 94.9 Å². The first-order valence-electron chi connectivity index (χ1n) is 14.6. The Morgan fingerprint density at radius 3 is 0.976 bits per heavy atom. The molecule has 240 valence electrons. The lowest BCUT2D eigenvalue weighted by Gasteiger charge is -2.22. The highest BCUT2D eigenvalue weighted by Crippen LogP contribution is 2.17. The van der Waals surface area contributed by atoms with Crippen LogP contribution in [0.15, 0.2) is 45.8 Å². The third-order valence-electron chi connectivity index (χ3n) is 5.77. The largest absolute Gasteiger partial charge is 0.354 e. The standard InChI is InChI=1S/C16H32N4O2.C14H24N4O2/c1-7-9-11-17-13(21)15(3,4)19-20-16(5,6)14(22)18-12-10-8-2;1-7-9-15-11(19)13(3,4)17-18-14(5,6)12(20)16-10-8-2/h7-12H2,1-6H3,(H,17,21)(H,18,22);7-8H,1-2,9-10H2,3-6H3,(H,15,19)(H,16,20). The number of nitrogens with one attached hydrogen (secondary N) is 4. The van der Waals surface area contributed by atoms with Crippen LogP contribution in [-0.2, 0) is 19.2 Å². The molecule has 12 nitrogen and oxygen atoms in total. The van der Waals surface area contributed by atoms with Gasteiger partial charge in [0.05, 0.1) is 0 Å². The maximum atomic E-state index is 12.1. The highest BCUT2D eigenvalue weighted by molar-refractivity contribution is 5.87. The molecule has 0 radical (unpaired) electrons. The summed E-state index contributed by atoms with van der Waals surface area (Å²) in [5.74, 6) is -0.898. The second-order valence-corrected chi connectivity index (χ2v) is 11.9. The van der Waals surface area contributed by atoms with E-state index >= 15 is 0 Å². The van der Waals surface area contributed by atoms with Crippen LogP contribution in [0.3, 0.4) is 0 Å². The van der Waals surface area contributed by atoms with Gasteiger partial charge in [0, 0.05) is 26.2 Å². The minimum atomic E-state index is -1.04. The molecule has 0 aliphatic rings. The summed E-state index contributed by atoms with van der Waals surface area (Å²) in [5, 5.41) is 27.2. The Morgan fingerprint density at radius 1 is 0.524 bits per heavy atom. The fourth-order valence-electron chi connectivity index (χ4n) is 2.63. The zero-order chi connectivity index (χ0) is 33.0. The van der Waals surface area contributed by atoms with Crippen LogP contribution in [0, 0.1) is 0 Å². The van der Waals surface area contributed by atoms with Gasteiger partial charge in [-0.25, -0.2) is 0 Å². The quantitative estimate of drug-likeness (QED) is 0.105. The van der Waals surface area contributed by atoms with Crippen LogP contribution in [0.5, 0.6) is 0 Å². The SMILES string of the molecule is C=CCNC(=O)C(C)(C)N=NC(C)(C)C(=O)NCC=C.CCCCNC(=O)C(C)(C)N=NC(C)(C)C(=O)NCCCC. The van der Waals surface area contributed by atoms with Crippen molar-refractivity contribution in [2.45, 2.75) is 117 Å². The van der Waals surface area contributed by atoms with E-state index in [1.54, 1.807) is 67.5 Å². The van der Waals surface area contributed by atoms with Gasteiger partial charge in [-0.3, -0.25) is 19.2 Å². The first kappa shape index (κ1) is 40.7. The molecule has 0 aromatic rings. The van der Waals surface area contributed by atoms with Gasteiger partial charge < -0.3 is 21.3 Å². The number of hydrogen-bond acceptors (Lipinski definition) is 8. The summed E-state index contributed by atoms with van der Waals surface area (Å²) in [6, 6.07) is 0. The Kier molecular flexibility index (Phi) is 19.0. The number of nitrogens with zero attached hydrogens (tertiary/aromatic N) is 4. The van der Waals surface area contributed by atoms with Crippen molar-refractivity contribution in [3.8, 4) is 0 Å². The van der Waals surface area contributed by atoms with E-state index < -0.39 is 22.2 Å². The summed E-state index contributed by atoms with van der Waals surface area (Å²) in [4.78, 5) is 47.9. The van der Waals surface area contributed by atoms with Crippen molar-refractivity contribution in [1.82, 2.24) is 21.3 Å². The van der Waals surface area contributed by atoms with Crippen LogP contribution >= 0.6 is 0 Å². The third-order valence-corrected chi connectivity index (χ3v) is 5.77. The van der Waals surface area contributed by atoms with Gasteiger partial charge >= 0.3 is 0 Å². The molecule has 42 heavy (non-hydrogen) atoms. The van der Waals surface area contributed by atoms with E-state index in [4.69, 9.17) is 0 Å². The van der Waals surface area contributed by atoms with Crippen molar-refractivity contribution >= 4 is 23.6 Å². The monoisotopic (exact) mass is 592 g/mol. The molecule has 0 unspecified atom stereocenters. The van der Waals surface area contributed by atoms with E-state index in [1.807, 2.05) is 0 Å². The summed E-state index contributed by atoms with van der Waals surface area (Å²) in [7, 11) is 0. The summed E-state index contributed by atoms with van der Waals surface area (Å²) in [6.07, 6.45) is 7.07. The summed E-state index contributed by atoms with van der Waals surface area (Å²) in [6.45, 7) is 26.5. The lowest BCUT2D eigenvalue weighted by atomic mass is 10.0. The summed E-state index contributed by atoms with van der Waals surface area (Å²) in [5.41, 5.74) is -4.04. The van der Waals surface area contributed by atoms with Crippen molar-refractivity contribution < 1.29 is 19.2 Å². The van der Waals surface area contributed by atoms with Crippen LogP contribution in [0.2, 0.25) is 0 Å². The van der Waals surface area contributed by atoms with E-state index in [2.05, 4.69) is 68.7 Å². The highest BCUT2D eigenvalue weighted by Gasteiger charge is 2.33. The van der Waals surface area contributed by atoms with E-state index in [0.717, 1.165) is 25.7 Å². The zero-order valence-corrected chi connectivity index (χ0v) is 27.6. The fraction of sp³-hybridized carbons (Fsp3) is 0.733. The molecule has 0 aromatic heterocycles. The van der Waals surface area contributed by atoms with E-state index in [0.29, 0.717) is 26.2 Å². The molecule has 0 bridgehead atoms. The topological polar surface area (TPSA) is 166 Å². The molecule has 4 amide bonds. The average Bonchev–Trinajstić information content (AvgIpc) is 2.93. The molecule has 0 heterocycles. The lowest BCUT2D eigenvalue weighted by Crippen LogP contribution is -2.43. The predicted octanol–water partition coefficient (Wildman–Crippen LogP) is 4.43. The van der Waals surface area contributed by atoms with Crippen LogP contribution in [0.25, 0.3) is 0 Å². The maximum absolute atomic E-state index is 12.1. The Labute approximate surface area is 253 Å². The first-order chi connectivity index (χ1) is 19.3. The molecule has 0 spiro atoms. The van der Waals surface area contributed by atoms with Crippen molar-refractivity contribution in [2.24, 2.45) is 20.5 Å². The van der Waals surface area contributed by atoms with Crippen LogP contribution in [0.4, 0.5) is 0 Å².